The Hall–Kier alpha value is -3.30. The van der Waals surface area contributed by atoms with E-state index in [1.54, 1.807) is 19.2 Å². The molecular formula is C25H25F3N4O2. The fourth-order valence-electron chi connectivity index (χ4n) is 4.45. The summed E-state index contributed by atoms with van der Waals surface area (Å²) in [5.41, 5.74) is 4.99. The number of benzene rings is 1. The average Bonchev–Trinajstić information content (AvgIpc) is 2.79. The molecule has 2 heterocycles. The first-order valence-electron chi connectivity index (χ1n) is 10.9. The van der Waals surface area contributed by atoms with Crippen LogP contribution < -0.4 is 11.1 Å². The van der Waals surface area contributed by atoms with Crippen molar-refractivity contribution in [1.82, 2.24) is 9.97 Å². The molecule has 6 nitrogen and oxygen atoms in total. The van der Waals surface area contributed by atoms with Crippen LogP contribution in [-0.2, 0) is 0 Å². The number of carbonyl (C=O) groups excluding carboxylic acids is 1. The smallest absolute Gasteiger partial charge is 0.274 e. The molecule has 34 heavy (non-hydrogen) atoms. The predicted molar refractivity (Wildman–Crippen MR) is 121 cm³/mol. The number of nitrogens with zero attached hydrogens (tertiary/aromatic N) is 2. The van der Waals surface area contributed by atoms with Gasteiger partial charge in [0.05, 0.1) is 23.0 Å². The predicted octanol–water partition coefficient (Wildman–Crippen LogP) is 4.41. The number of aromatic nitrogens is 2. The van der Waals surface area contributed by atoms with Gasteiger partial charge in [0.25, 0.3) is 5.91 Å². The largest absolute Gasteiger partial charge is 0.388 e. The minimum atomic E-state index is -0.997. The second-order valence-corrected chi connectivity index (χ2v) is 8.94. The molecule has 1 aliphatic rings. The van der Waals surface area contributed by atoms with Gasteiger partial charge in [-0.3, -0.25) is 9.78 Å². The van der Waals surface area contributed by atoms with Crippen molar-refractivity contribution in [3.8, 4) is 11.3 Å². The molecule has 1 amide bonds. The van der Waals surface area contributed by atoms with E-state index in [0.29, 0.717) is 18.5 Å². The number of rotatable bonds is 4. The van der Waals surface area contributed by atoms with Crippen LogP contribution in [0.1, 0.15) is 48.7 Å². The lowest BCUT2D eigenvalue weighted by Crippen LogP contribution is -2.54. The van der Waals surface area contributed by atoms with Gasteiger partial charge in [-0.15, -0.1) is 0 Å². The molecule has 1 aromatic carbocycles. The molecule has 178 valence electrons. The number of anilines is 1. The van der Waals surface area contributed by atoms with E-state index >= 15 is 0 Å². The quantitative estimate of drug-likeness (QED) is 0.525. The maximum Gasteiger partial charge on any atom is 0.274 e. The highest BCUT2D eigenvalue weighted by Gasteiger charge is 2.42. The zero-order valence-corrected chi connectivity index (χ0v) is 18.7. The zero-order valence-electron chi connectivity index (χ0n) is 18.7. The van der Waals surface area contributed by atoms with Crippen LogP contribution in [-0.4, -0.2) is 32.6 Å². The van der Waals surface area contributed by atoms with Gasteiger partial charge in [-0.2, -0.15) is 0 Å². The van der Waals surface area contributed by atoms with Crippen LogP contribution in [0.2, 0.25) is 0 Å². The van der Waals surface area contributed by atoms with Crippen molar-refractivity contribution < 1.29 is 23.1 Å². The number of amides is 1. The lowest BCUT2D eigenvalue weighted by Gasteiger charge is -2.44. The summed E-state index contributed by atoms with van der Waals surface area (Å²) in [6.45, 7) is 3.65. The Labute approximate surface area is 195 Å². The maximum absolute atomic E-state index is 14.4. The topological polar surface area (TPSA) is 101 Å². The Kier molecular flexibility index (Phi) is 6.42. The van der Waals surface area contributed by atoms with Gasteiger partial charge in [0.1, 0.15) is 28.8 Å². The van der Waals surface area contributed by atoms with Crippen molar-refractivity contribution in [3.63, 3.8) is 0 Å². The summed E-state index contributed by atoms with van der Waals surface area (Å²) in [4.78, 5) is 21.0. The summed E-state index contributed by atoms with van der Waals surface area (Å²) in [5.74, 6) is -3.73. The normalized spacial score (nSPS) is 24.6. The third-order valence-corrected chi connectivity index (χ3v) is 6.75. The molecule has 4 rings (SSSR count). The van der Waals surface area contributed by atoms with Gasteiger partial charge in [0, 0.05) is 12.2 Å². The number of carbonyl (C=O) groups is 1. The molecule has 0 saturated heterocycles. The van der Waals surface area contributed by atoms with Crippen LogP contribution in [0.3, 0.4) is 0 Å². The first-order chi connectivity index (χ1) is 16.1. The SMILES string of the molecule is C[C@H]1C[C@@H](c2ccncc2NC(=O)c2ccc(F)c(-c3c(F)cccc3F)n2)C[C@@H](N)[C@]1(C)O. The number of aliphatic hydroxyl groups is 1. The van der Waals surface area contributed by atoms with E-state index in [4.69, 9.17) is 5.73 Å². The number of hydrogen-bond donors (Lipinski definition) is 3. The molecule has 4 atom stereocenters. The van der Waals surface area contributed by atoms with Gasteiger partial charge >= 0.3 is 0 Å². The summed E-state index contributed by atoms with van der Waals surface area (Å²) in [5, 5.41) is 13.3. The van der Waals surface area contributed by atoms with Crippen LogP contribution >= 0.6 is 0 Å². The van der Waals surface area contributed by atoms with Gasteiger partial charge in [0.2, 0.25) is 0 Å². The molecule has 0 unspecified atom stereocenters. The molecule has 1 aliphatic carbocycles. The third kappa shape index (κ3) is 4.41. The van der Waals surface area contributed by atoms with Crippen molar-refractivity contribution in [2.24, 2.45) is 11.7 Å². The highest BCUT2D eigenvalue weighted by atomic mass is 19.1. The van der Waals surface area contributed by atoms with Crippen molar-refractivity contribution in [2.45, 2.75) is 44.2 Å². The molecule has 4 N–H and O–H groups in total. The van der Waals surface area contributed by atoms with Gasteiger partial charge < -0.3 is 16.2 Å². The molecule has 0 aliphatic heterocycles. The Balaban J connectivity index is 1.63. The molecule has 0 bridgehead atoms. The van der Waals surface area contributed by atoms with Crippen LogP contribution in [0.25, 0.3) is 11.3 Å². The van der Waals surface area contributed by atoms with Crippen LogP contribution in [0.15, 0.2) is 48.8 Å². The van der Waals surface area contributed by atoms with E-state index in [1.807, 2.05) is 6.92 Å². The number of nitrogens with one attached hydrogen (secondary N) is 1. The first kappa shape index (κ1) is 23.8. The average molecular weight is 470 g/mol. The summed E-state index contributed by atoms with van der Waals surface area (Å²) in [6, 6.07) is 6.54. The number of nitrogens with two attached hydrogens (primary N) is 1. The Bertz CT molecular complexity index is 1200. The summed E-state index contributed by atoms with van der Waals surface area (Å²) < 4.78 is 42.8. The lowest BCUT2D eigenvalue weighted by atomic mass is 9.68. The maximum atomic E-state index is 14.4. The van der Waals surface area contributed by atoms with E-state index in [-0.39, 0.29) is 17.5 Å². The highest BCUT2D eigenvalue weighted by Crippen LogP contribution is 2.42. The van der Waals surface area contributed by atoms with Gasteiger partial charge in [0.15, 0.2) is 0 Å². The molecular weight excluding hydrogens is 445 g/mol. The fourth-order valence-corrected chi connectivity index (χ4v) is 4.45. The third-order valence-electron chi connectivity index (χ3n) is 6.75. The summed E-state index contributed by atoms with van der Waals surface area (Å²) >= 11 is 0. The number of hydrogen-bond acceptors (Lipinski definition) is 5. The van der Waals surface area contributed by atoms with E-state index in [1.165, 1.54) is 6.20 Å². The van der Waals surface area contributed by atoms with Crippen molar-refractivity contribution in [2.75, 3.05) is 5.32 Å². The minimum absolute atomic E-state index is 0.0345. The molecule has 3 aromatic rings. The van der Waals surface area contributed by atoms with Crippen LogP contribution in [0.5, 0.6) is 0 Å². The van der Waals surface area contributed by atoms with E-state index in [2.05, 4.69) is 15.3 Å². The van der Waals surface area contributed by atoms with E-state index < -0.39 is 46.3 Å². The molecule has 0 spiro atoms. The van der Waals surface area contributed by atoms with Gasteiger partial charge in [-0.05, 0) is 67.5 Å². The standard InChI is InChI=1S/C25H25F3N4O2/c1-13-10-14(11-21(29)25(13,2)34)15-8-9-30-12-20(15)32-24(33)19-7-6-18(28)23(31-19)22-16(26)4-3-5-17(22)27/h3-9,12-14,21,34H,10-11,29H2,1-2H3,(H,32,33)/t13-,14+,21+,25+/m0/s1. The molecule has 1 saturated carbocycles. The van der Waals surface area contributed by atoms with E-state index in [0.717, 1.165) is 35.9 Å². The summed E-state index contributed by atoms with van der Waals surface area (Å²) in [7, 11) is 0. The van der Waals surface area contributed by atoms with Crippen LogP contribution in [0.4, 0.5) is 18.9 Å². The number of pyridine rings is 2. The van der Waals surface area contributed by atoms with Gasteiger partial charge in [-0.25, -0.2) is 18.2 Å². The van der Waals surface area contributed by atoms with E-state index in [9.17, 15) is 23.1 Å². The molecule has 2 aromatic heterocycles. The molecule has 1 fully saturated rings. The second kappa shape index (κ2) is 9.15. The summed E-state index contributed by atoms with van der Waals surface area (Å²) in [6.07, 6.45) is 4.25. The second-order valence-electron chi connectivity index (χ2n) is 8.94. The lowest BCUT2D eigenvalue weighted by molar-refractivity contribution is -0.0463. The Morgan fingerprint density at radius 2 is 1.82 bits per heavy atom. The Morgan fingerprint density at radius 1 is 1.12 bits per heavy atom. The van der Waals surface area contributed by atoms with Crippen molar-refractivity contribution >= 4 is 11.6 Å². The molecule has 0 radical (unpaired) electrons. The van der Waals surface area contributed by atoms with Gasteiger partial charge in [-0.1, -0.05) is 13.0 Å². The molecule has 9 heteroatoms. The Morgan fingerprint density at radius 3 is 2.50 bits per heavy atom. The highest BCUT2D eigenvalue weighted by molar-refractivity contribution is 6.03. The monoisotopic (exact) mass is 470 g/mol. The zero-order chi connectivity index (χ0) is 24.6. The first-order valence-corrected chi connectivity index (χ1v) is 10.9. The van der Waals surface area contributed by atoms with Crippen molar-refractivity contribution in [3.05, 3.63) is 77.5 Å². The fraction of sp³-hybridized carbons (Fsp3) is 0.320. The minimum Gasteiger partial charge on any atom is -0.388 e. The van der Waals surface area contributed by atoms with Crippen molar-refractivity contribution in [1.29, 1.82) is 0 Å². The van der Waals surface area contributed by atoms with Crippen LogP contribution in [0, 0.1) is 23.4 Å². The number of halogens is 3.